The first kappa shape index (κ1) is 20.1. The lowest BCUT2D eigenvalue weighted by Crippen LogP contribution is -2.39. The maximum atomic E-state index is 12.6. The lowest BCUT2D eigenvalue weighted by Gasteiger charge is -2.08. The zero-order chi connectivity index (χ0) is 19.1. The second kappa shape index (κ2) is 9.45. The van der Waals surface area contributed by atoms with Crippen LogP contribution in [0.15, 0.2) is 21.1 Å². The van der Waals surface area contributed by atoms with Gasteiger partial charge in [0.15, 0.2) is 11.2 Å². The number of hydrogen-bond donors (Lipinski definition) is 0. The van der Waals surface area contributed by atoms with Gasteiger partial charge in [0, 0.05) is 20.6 Å². The lowest BCUT2D eigenvalue weighted by molar-refractivity contribution is 0.511. The van der Waals surface area contributed by atoms with Crippen molar-refractivity contribution in [1.82, 2.24) is 18.7 Å². The van der Waals surface area contributed by atoms with E-state index >= 15 is 0 Å². The maximum absolute atomic E-state index is 12.6. The SMILES string of the molecule is CC(CCCCCCCCCn1c(=O)c2c(ncn2C)n(C)c1=O)N=O. The molecule has 8 heteroatoms. The average molecular weight is 363 g/mol. The molecule has 0 saturated heterocycles. The molecule has 26 heavy (non-hydrogen) atoms. The van der Waals surface area contributed by atoms with Gasteiger partial charge in [0.05, 0.1) is 12.4 Å². The van der Waals surface area contributed by atoms with Crippen molar-refractivity contribution in [1.29, 1.82) is 0 Å². The van der Waals surface area contributed by atoms with Gasteiger partial charge in [-0.2, -0.15) is 4.91 Å². The Kier molecular flexibility index (Phi) is 7.29. The van der Waals surface area contributed by atoms with E-state index in [1.807, 2.05) is 6.92 Å². The van der Waals surface area contributed by atoms with Crippen LogP contribution in [0.25, 0.3) is 11.2 Å². The van der Waals surface area contributed by atoms with Crippen LogP contribution in [0.3, 0.4) is 0 Å². The molecule has 0 fully saturated rings. The molecule has 8 nitrogen and oxygen atoms in total. The Balaban J connectivity index is 1.78. The molecule has 0 aliphatic rings. The Labute approximate surface area is 152 Å². The van der Waals surface area contributed by atoms with Crippen LogP contribution in [0.2, 0.25) is 0 Å². The second-order valence-electron chi connectivity index (χ2n) is 7.04. The number of hydrogen-bond acceptors (Lipinski definition) is 5. The van der Waals surface area contributed by atoms with Crippen LogP contribution in [0.4, 0.5) is 0 Å². The molecule has 144 valence electrons. The summed E-state index contributed by atoms with van der Waals surface area (Å²) in [6, 6.07) is -0.0762. The second-order valence-corrected chi connectivity index (χ2v) is 7.04. The van der Waals surface area contributed by atoms with Gasteiger partial charge in [-0.15, -0.1) is 0 Å². The van der Waals surface area contributed by atoms with Crippen molar-refractivity contribution < 1.29 is 0 Å². The normalized spacial score (nSPS) is 12.6. The smallest absolute Gasteiger partial charge is 0.328 e. The van der Waals surface area contributed by atoms with Crippen molar-refractivity contribution in [3.8, 4) is 0 Å². The number of aryl methyl sites for hydroxylation is 2. The van der Waals surface area contributed by atoms with Crippen molar-refractivity contribution in [3.63, 3.8) is 0 Å². The zero-order valence-electron chi connectivity index (χ0n) is 16.0. The van der Waals surface area contributed by atoms with Gasteiger partial charge in [-0.25, -0.2) is 9.78 Å². The van der Waals surface area contributed by atoms with E-state index in [1.165, 1.54) is 9.13 Å². The fraction of sp³-hybridized carbons (Fsp3) is 0.722. The largest absolute Gasteiger partial charge is 0.332 e. The number of nitrogens with zero attached hydrogens (tertiary/aromatic N) is 5. The fourth-order valence-electron chi connectivity index (χ4n) is 3.24. The predicted octanol–water partition coefficient (Wildman–Crippen LogP) is 2.71. The molecular formula is C18H29N5O3. The Hall–Kier alpha value is -2.25. The molecule has 0 amide bonds. The quantitative estimate of drug-likeness (QED) is 0.453. The van der Waals surface area contributed by atoms with Crippen LogP contribution in [0, 0.1) is 4.91 Å². The van der Waals surface area contributed by atoms with E-state index in [9.17, 15) is 14.5 Å². The first-order chi connectivity index (χ1) is 12.5. The third-order valence-corrected chi connectivity index (χ3v) is 4.88. The Morgan fingerprint density at radius 1 is 1.04 bits per heavy atom. The summed E-state index contributed by atoms with van der Waals surface area (Å²) in [6.45, 7) is 2.29. The minimum Gasteiger partial charge on any atom is -0.328 e. The molecule has 0 saturated carbocycles. The average Bonchev–Trinajstić information content (AvgIpc) is 3.02. The number of nitroso groups, excluding NO2 is 1. The van der Waals surface area contributed by atoms with E-state index in [1.54, 1.807) is 25.0 Å². The number of unbranched alkanes of at least 4 members (excludes halogenated alkanes) is 6. The molecule has 0 aromatic carbocycles. The minimum absolute atomic E-state index is 0.0762. The predicted molar refractivity (Wildman–Crippen MR) is 102 cm³/mol. The van der Waals surface area contributed by atoms with Crippen LogP contribution < -0.4 is 11.2 Å². The van der Waals surface area contributed by atoms with E-state index in [0.29, 0.717) is 17.7 Å². The molecule has 0 N–H and O–H groups in total. The topological polar surface area (TPSA) is 91.2 Å². The monoisotopic (exact) mass is 363 g/mol. The van der Waals surface area contributed by atoms with E-state index in [2.05, 4.69) is 10.2 Å². The molecule has 0 bridgehead atoms. The Morgan fingerprint density at radius 2 is 1.65 bits per heavy atom. The van der Waals surface area contributed by atoms with Crippen molar-refractivity contribution in [2.45, 2.75) is 70.9 Å². The van der Waals surface area contributed by atoms with Gasteiger partial charge in [0.25, 0.3) is 5.56 Å². The molecule has 2 aromatic rings. The van der Waals surface area contributed by atoms with Gasteiger partial charge in [-0.3, -0.25) is 13.9 Å². The Bertz CT molecular complexity index is 849. The van der Waals surface area contributed by atoms with Crippen LogP contribution in [0.1, 0.15) is 58.3 Å². The van der Waals surface area contributed by atoms with Crippen molar-refractivity contribution in [2.24, 2.45) is 19.3 Å². The van der Waals surface area contributed by atoms with Gasteiger partial charge >= 0.3 is 5.69 Å². The number of aromatic nitrogens is 4. The molecule has 0 radical (unpaired) electrons. The van der Waals surface area contributed by atoms with Crippen LogP contribution in [0.5, 0.6) is 0 Å². The number of fused-ring (bicyclic) bond motifs is 1. The third kappa shape index (κ3) is 4.68. The summed E-state index contributed by atoms with van der Waals surface area (Å²) >= 11 is 0. The molecule has 0 aliphatic heterocycles. The molecular weight excluding hydrogens is 334 g/mol. The van der Waals surface area contributed by atoms with E-state index in [-0.39, 0.29) is 17.3 Å². The van der Waals surface area contributed by atoms with Crippen LogP contribution in [-0.2, 0) is 20.6 Å². The molecule has 1 unspecified atom stereocenters. The lowest BCUT2D eigenvalue weighted by atomic mass is 10.1. The summed E-state index contributed by atoms with van der Waals surface area (Å²) in [5.74, 6) is 0. The van der Waals surface area contributed by atoms with Crippen molar-refractivity contribution in [3.05, 3.63) is 32.1 Å². The molecule has 2 heterocycles. The first-order valence-electron chi connectivity index (χ1n) is 9.40. The molecule has 1 atom stereocenters. The molecule has 0 spiro atoms. The summed E-state index contributed by atoms with van der Waals surface area (Å²) in [5.41, 5.74) is 0.323. The number of rotatable bonds is 11. The molecule has 2 aromatic heterocycles. The van der Waals surface area contributed by atoms with Gasteiger partial charge < -0.3 is 4.57 Å². The third-order valence-electron chi connectivity index (χ3n) is 4.88. The van der Waals surface area contributed by atoms with Crippen molar-refractivity contribution in [2.75, 3.05) is 0 Å². The zero-order valence-corrected chi connectivity index (χ0v) is 16.0. The maximum Gasteiger partial charge on any atom is 0.332 e. The van der Waals surface area contributed by atoms with Gasteiger partial charge in [-0.05, 0) is 19.8 Å². The van der Waals surface area contributed by atoms with Crippen LogP contribution in [-0.4, -0.2) is 24.7 Å². The fourth-order valence-corrected chi connectivity index (χ4v) is 3.24. The summed E-state index contributed by atoms with van der Waals surface area (Å²) in [7, 11) is 3.41. The number of imidazole rings is 1. The summed E-state index contributed by atoms with van der Waals surface area (Å²) in [5, 5.41) is 3.01. The van der Waals surface area contributed by atoms with E-state index < -0.39 is 0 Å². The molecule has 2 rings (SSSR count). The minimum atomic E-state index is -0.306. The highest BCUT2D eigenvalue weighted by Gasteiger charge is 2.14. The summed E-state index contributed by atoms with van der Waals surface area (Å²) < 4.78 is 4.42. The van der Waals surface area contributed by atoms with Crippen molar-refractivity contribution >= 4 is 11.2 Å². The highest BCUT2D eigenvalue weighted by atomic mass is 16.3. The highest BCUT2D eigenvalue weighted by Crippen LogP contribution is 2.11. The van der Waals surface area contributed by atoms with Crippen LogP contribution >= 0.6 is 0 Å². The molecule has 0 aliphatic carbocycles. The standard InChI is InChI=1S/C18H29N5O3/c1-14(20-26)11-9-7-5-4-6-8-10-12-23-17(24)15-16(19-13-21(15)2)22(3)18(23)25/h13-14H,4-12H2,1-3H3. The van der Waals surface area contributed by atoms with E-state index in [0.717, 1.165) is 51.4 Å². The van der Waals surface area contributed by atoms with Gasteiger partial charge in [0.2, 0.25) is 0 Å². The highest BCUT2D eigenvalue weighted by molar-refractivity contribution is 5.69. The summed E-state index contributed by atoms with van der Waals surface area (Å²) in [4.78, 5) is 39.4. The Morgan fingerprint density at radius 3 is 2.31 bits per heavy atom. The van der Waals surface area contributed by atoms with Gasteiger partial charge in [0.1, 0.15) is 0 Å². The first-order valence-corrected chi connectivity index (χ1v) is 9.40. The van der Waals surface area contributed by atoms with Gasteiger partial charge in [-0.1, -0.05) is 43.7 Å². The summed E-state index contributed by atoms with van der Waals surface area (Å²) in [6.07, 6.45) is 9.76. The van der Waals surface area contributed by atoms with E-state index in [4.69, 9.17) is 0 Å².